The maximum absolute atomic E-state index is 10.7. The number of carboxylic acids is 1. The number of nitrogens with zero attached hydrogens (tertiary/aromatic N) is 1. The first-order chi connectivity index (χ1) is 9.40. The summed E-state index contributed by atoms with van der Waals surface area (Å²) in [5.41, 5.74) is 1.27. The Labute approximate surface area is 135 Å². The summed E-state index contributed by atoms with van der Waals surface area (Å²) in [6.07, 6.45) is 1.26. The van der Waals surface area contributed by atoms with Gasteiger partial charge in [0.25, 0.3) is 0 Å². The lowest BCUT2D eigenvalue weighted by atomic mass is 10.1. The quantitative estimate of drug-likeness (QED) is 0.793. The Bertz CT molecular complexity index is 688. The highest BCUT2D eigenvalue weighted by Gasteiger charge is 2.16. The molecule has 1 N–H and O–H groups in total. The molecule has 1 aromatic carbocycles. The van der Waals surface area contributed by atoms with Gasteiger partial charge in [-0.15, -0.1) is 0 Å². The Kier molecular flexibility index (Phi) is 4.76. The molecule has 3 nitrogen and oxygen atoms in total. The van der Waals surface area contributed by atoms with Gasteiger partial charge in [-0.25, -0.2) is 0 Å². The Morgan fingerprint density at radius 2 is 1.75 bits per heavy atom. The molecule has 0 aliphatic heterocycles. The second-order valence-electron chi connectivity index (χ2n) is 3.96. The number of benzene rings is 1. The maximum Gasteiger partial charge on any atom is 0.307 e. The van der Waals surface area contributed by atoms with Crippen LogP contribution in [0.5, 0.6) is 0 Å². The Morgan fingerprint density at radius 3 is 2.35 bits per heavy atom. The molecule has 1 heterocycles. The van der Waals surface area contributed by atoms with Gasteiger partial charge in [0, 0.05) is 11.8 Å². The van der Waals surface area contributed by atoms with E-state index in [9.17, 15) is 4.79 Å². The SMILES string of the molecule is O=C(O)Cc1cnc(-c2c(Cl)ccc(Cl)c2Cl)c(Cl)c1. The van der Waals surface area contributed by atoms with Gasteiger partial charge >= 0.3 is 5.97 Å². The van der Waals surface area contributed by atoms with Crippen molar-refractivity contribution in [2.24, 2.45) is 0 Å². The van der Waals surface area contributed by atoms with Crippen LogP contribution in [0, 0.1) is 0 Å². The average Bonchev–Trinajstić information content (AvgIpc) is 2.36. The van der Waals surface area contributed by atoms with Gasteiger partial charge in [-0.05, 0) is 23.8 Å². The van der Waals surface area contributed by atoms with Gasteiger partial charge in [-0.3, -0.25) is 9.78 Å². The van der Waals surface area contributed by atoms with Crippen LogP contribution >= 0.6 is 46.4 Å². The summed E-state index contributed by atoms with van der Waals surface area (Å²) in [5, 5.41) is 9.94. The van der Waals surface area contributed by atoms with Crippen molar-refractivity contribution in [3.05, 3.63) is 50.0 Å². The van der Waals surface area contributed by atoms with Crippen LogP contribution in [0.1, 0.15) is 5.56 Å². The molecule has 0 saturated heterocycles. The van der Waals surface area contributed by atoms with E-state index in [1.54, 1.807) is 12.1 Å². The Balaban J connectivity index is 2.54. The van der Waals surface area contributed by atoms with Crippen molar-refractivity contribution in [3.8, 4) is 11.3 Å². The van der Waals surface area contributed by atoms with Crippen molar-refractivity contribution in [1.29, 1.82) is 0 Å². The van der Waals surface area contributed by atoms with E-state index in [4.69, 9.17) is 51.5 Å². The summed E-state index contributed by atoms with van der Waals surface area (Å²) in [6, 6.07) is 4.68. The van der Waals surface area contributed by atoms with E-state index in [0.29, 0.717) is 26.9 Å². The van der Waals surface area contributed by atoms with Crippen LogP contribution in [0.15, 0.2) is 24.4 Å². The van der Waals surface area contributed by atoms with E-state index in [2.05, 4.69) is 4.98 Å². The van der Waals surface area contributed by atoms with Gasteiger partial charge in [-0.2, -0.15) is 0 Å². The molecule has 0 unspecified atom stereocenters. The minimum Gasteiger partial charge on any atom is -0.481 e. The highest BCUT2D eigenvalue weighted by Crippen LogP contribution is 2.40. The zero-order valence-electron chi connectivity index (χ0n) is 9.83. The number of hydrogen-bond donors (Lipinski definition) is 1. The van der Waals surface area contributed by atoms with Gasteiger partial charge in [0.1, 0.15) is 0 Å². The smallest absolute Gasteiger partial charge is 0.307 e. The first kappa shape index (κ1) is 15.4. The second-order valence-corrected chi connectivity index (χ2v) is 5.56. The third kappa shape index (κ3) is 3.18. The first-order valence-corrected chi connectivity index (χ1v) is 6.91. The van der Waals surface area contributed by atoms with E-state index in [1.165, 1.54) is 12.3 Å². The fraction of sp³-hybridized carbons (Fsp3) is 0.0769. The molecule has 0 aliphatic carbocycles. The molecule has 1 aromatic heterocycles. The zero-order valence-corrected chi connectivity index (χ0v) is 12.9. The molecule has 0 saturated carbocycles. The topological polar surface area (TPSA) is 50.2 Å². The molecule has 7 heteroatoms. The lowest BCUT2D eigenvalue weighted by Gasteiger charge is -2.10. The van der Waals surface area contributed by atoms with Gasteiger partial charge in [0.15, 0.2) is 0 Å². The van der Waals surface area contributed by atoms with Gasteiger partial charge in [0.2, 0.25) is 0 Å². The number of hydrogen-bond acceptors (Lipinski definition) is 2. The highest BCUT2D eigenvalue weighted by atomic mass is 35.5. The third-order valence-corrected chi connectivity index (χ3v) is 3.94. The van der Waals surface area contributed by atoms with Crippen LogP contribution in [-0.2, 0) is 11.2 Å². The number of carbonyl (C=O) groups is 1. The zero-order chi connectivity index (χ0) is 14.9. The predicted molar refractivity (Wildman–Crippen MR) is 81.1 cm³/mol. The van der Waals surface area contributed by atoms with Crippen molar-refractivity contribution in [2.75, 3.05) is 0 Å². The largest absolute Gasteiger partial charge is 0.481 e. The summed E-state index contributed by atoms with van der Waals surface area (Å²) >= 11 is 24.3. The molecule has 104 valence electrons. The fourth-order valence-electron chi connectivity index (χ4n) is 1.68. The minimum absolute atomic E-state index is 0.163. The van der Waals surface area contributed by atoms with Crippen molar-refractivity contribution in [1.82, 2.24) is 4.98 Å². The number of aromatic nitrogens is 1. The summed E-state index contributed by atoms with van der Waals surface area (Å²) < 4.78 is 0. The molecular formula is C13H7Cl4NO2. The fourth-order valence-corrected chi connectivity index (χ4v) is 2.67. The van der Waals surface area contributed by atoms with Crippen LogP contribution in [0.25, 0.3) is 11.3 Å². The summed E-state index contributed by atoms with van der Waals surface area (Å²) in [4.78, 5) is 14.8. The lowest BCUT2D eigenvalue weighted by molar-refractivity contribution is -0.136. The number of halogens is 4. The first-order valence-electron chi connectivity index (χ1n) is 5.40. The third-order valence-electron chi connectivity index (χ3n) is 2.53. The van der Waals surface area contributed by atoms with Crippen LogP contribution < -0.4 is 0 Å². The monoisotopic (exact) mass is 349 g/mol. The molecule has 2 rings (SSSR count). The standard InChI is InChI=1S/C13H7Cl4NO2/c14-7-1-2-8(15)12(17)11(7)13-9(16)3-6(5-18-13)4-10(19)20/h1-3,5H,4H2,(H,19,20). The minimum atomic E-state index is -0.963. The number of pyridine rings is 1. The van der Waals surface area contributed by atoms with Crippen LogP contribution in [0.2, 0.25) is 20.1 Å². The van der Waals surface area contributed by atoms with E-state index < -0.39 is 5.97 Å². The van der Waals surface area contributed by atoms with Crippen LogP contribution in [0.3, 0.4) is 0 Å². The van der Waals surface area contributed by atoms with Gasteiger partial charge < -0.3 is 5.11 Å². The molecular weight excluding hydrogens is 344 g/mol. The van der Waals surface area contributed by atoms with E-state index in [1.807, 2.05) is 0 Å². The molecule has 0 amide bonds. The molecule has 0 spiro atoms. The van der Waals surface area contributed by atoms with Crippen molar-refractivity contribution in [2.45, 2.75) is 6.42 Å². The summed E-state index contributed by atoms with van der Waals surface area (Å²) in [5.74, 6) is -0.963. The molecule has 0 bridgehead atoms. The predicted octanol–water partition coefficient (Wildman–Crippen LogP) is 4.99. The summed E-state index contributed by atoms with van der Waals surface area (Å²) in [6.45, 7) is 0. The van der Waals surface area contributed by atoms with Crippen molar-refractivity contribution < 1.29 is 9.90 Å². The van der Waals surface area contributed by atoms with E-state index in [0.717, 1.165) is 0 Å². The Hall–Kier alpha value is -1.000. The molecule has 2 aromatic rings. The number of carboxylic acid groups (broad SMARTS) is 1. The van der Waals surface area contributed by atoms with Crippen molar-refractivity contribution in [3.63, 3.8) is 0 Å². The highest BCUT2D eigenvalue weighted by molar-refractivity contribution is 6.46. The molecule has 0 atom stereocenters. The maximum atomic E-state index is 10.7. The molecule has 0 radical (unpaired) electrons. The Morgan fingerprint density at radius 1 is 1.10 bits per heavy atom. The number of aliphatic carboxylic acids is 1. The second kappa shape index (κ2) is 6.19. The number of rotatable bonds is 3. The molecule has 0 aliphatic rings. The van der Waals surface area contributed by atoms with Gasteiger partial charge in [0.05, 0.1) is 32.2 Å². The van der Waals surface area contributed by atoms with Crippen LogP contribution in [0.4, 0.5) is 0 Å². The normalized spacial score (nSPS) is 10.6. The van der Waals surface area contributed by atoms with E-state index >= 15 is 0 Å². The molecule has 20 heavy (non-hydrogen) atoms. The van der Waals surface area contributed by atoms with Crippen LogP contribution in [-0.4, -0.2) is 16.1 Å². The lowest BCUT2D eigenvalue weighted by Crippen LogP contribution is -2.01. The van der Waals surface area contributed by atoms with Crippen molar-refractivity contribution >= 4 is 52.4 Å². The van der Waals surface area contributed by atoms with Gasteiger partial charge in [-0.1, -0.05) is 46.4 Å². The average molecular weight is 351 g/mol. The summed E-state index contributed by atoms with van der Waals surface area (Å²) in [7, 11) is 0. The van der Waals surface area contributed by atoms with E-state index in [-0.39, 0.29) is 16.5 Å². The molecule has 0 fully saturated rings.